The van der Waals surface area contributed by atoms with Gasteiger partial charge in [-0.15, -0.1) is 29.8 Å². The molecule has 2 N–H and O–H groups in total. The summed E-state index contributed by atoms with van der Waals surface area (Å²) in [6.07, 6.45) is 3.77. The van der Waals surface area contributed by atoms with Gasteiger partial charge in [0.05, 0.1) is 17.5 Å². The van der Waals surface area contributed by atoms with Crippen LogP contribution in [0.2, 0.25) is 0 Å². The maximum absolute atomic E-state index is 14.2. The van der Waals surface area contributed by atoms with Gasteiger partial charge in [-0.05, 0) is 55.0 Å². The second-order valence-electron chi connectivity index (χ2n) is 10.5. The molecule has 0 radical (unpaired) electrons. The second-order valence-corrected chi connectivity index (χ2v) is 11.7. The number of amides is 4. The number of fused-ring (bicyclic) bond motifs is 4. The van der Waals surface area contributed by atoms with E-state index in [1.54, 1.807) is 30.4 Å². The molecule has 39 heavy (non-hydrogen) atoms. The number of nitrogens with zero attached hydrogens (tertiary/aromatic N) is 1. The number of alkyl halides is 2. The third-order valence-electron chi connectivity index (χ3n) is 8.56. The van der Waals surface area contributed by atoms with Crippen molar-refractivity contribution in [3.8, 4) is 5.75 Å². The van der Waals surface area contributed by atoms with Crippen LogP contribution in [-0.4, -0.2) is 38.5 Å². The molecule has 2 heterocycles. The van der Waals surface area contributed by atoms with E-state index < -0.39 is 62.9 Å². The minimum Gasteiger partial charge on any atom is -0.507 e. The molecule has 0 aromatic heterocycles. The van der Waals surface area contributed by atoms with Gasteiger partial charge < -0.3 is 5.11 Å². The lowest BCUT2D eigenvalue weighted by Gasteiger charge is -2.50. The van der Waals surface area contributed by atoms with E-state index in [1.165, 1.54) is 12.1 Å². The zero-order valence-corrected chi connectivity index (χ0v) is 22.0. The van der Waals surface area contributed by atoms with Crippen LogP contribution in [0.25, 0.3) is 0 Å². The van der Waals surface area contributed by atoms with Crippen LogP contribution >= 0.6 is 23.2 Å². The Morgan fingerprint density at radius 1 is 1.05 bits per heavy atom. The number of nitrogens with one attached hydrogen (secondary N) is 1. The first kappa shape index (κ1) is 25.8. The van der Waals surface area contributed by atoms with Gasteiger partial charge in [0, 0.05) is 11.5 Å². The number of hydrogen-bond acceptors (Lipinski definition) is 5. The van der Waals surface area contributed by atoms with Gasteiger partial charge in [-0.1, -0.05) is 35.9 Å². The predicted octanol–water partition coefficient (Wildman–Crippen LogP) is 4.11. The smallest absolute Gasteiger partial charge is 0.258 e. The first-order chi connectivity index (χ1) is 18.5. The van der Waals surface area contributed by atoms with Crippen LogP contribution in [0.3, 0.4) is 0 Å². The molecule has 0 spiro atoms. The van der Waals surface area contributed by atoms with Crippen molar-refractivity contribution in [1.29, 1.82) is 0 Å². The molecule has 6 rings (SSSR count). The highest BCUT2D eigenvalue weighted by Crippen LogP contribution is 2.66. The summed E-state index contributed by atoms with van der Waals surface area (Å²) in [5.74, 6) is -6.44. The van der Waals surface area contributed by atoms with Crippen molar-refractivity contribution < 1.29 is 28.7 Å². The number of carbonyl (C=O) groups is 4. The molecule has 2 saturated heterocycles. The molecule has 10 heteroatoms. The largest absolute Gasteiger partial charge is 0.507 e. The SMILES string of the molecule is C=CCc1cccc(C2C3=CCC4C(=O)NC(=O)C4C3CC3(Cl)C(=O)N(c4ccc(F)cc4)C(=O)C23Cl)c1O. The second kappa shape index (κ2) is 8.76. The van der Waals surface area contributed by atoms with Gasteiger partial charge in [-0.3, -0.25) is 24.5 Å². The average Bonchev–Trinajstić information content (AvgIpc) is 3.28. The fraction of sp³-hybridized carbons (Fsp3) is 0.310. The molecule has 1 saturated carbocycles. The van der Waals surface area contributed by atoms with Gasteiger partial charge in [0.1, 0.15) is 11.6 Å². The summed E-state index contributed by atoms with van der Waals surface area (Å²) < 4.78 is 13.7. The number of allylic oxidation sites excluding steroid dienone is 3. The van der Waals surface area contributed by atoms with E-state index in [1.807, 2.05) is 0 Å². The van der Waals surface area contributed by atoms with Crippen LogP contribution in [0.4, 0.5) is 10.1 Å². The Morgan fingerprint density at radius 2 is 1.77 bits per heavy atom. The summed E-state index contributed by atoms with van der Waals surface area (Å²) in [4.78, 5) is 50.5. The molecule has 0 bridgehead atoms. The summed E-state index contributed by atoms with van der Waals surface area (Å²) in [5, 5.41) is 13.7. The van der Waals surface area contributed by atoms with Gasteiger partial charge in [-0.2, -0.15) is 0 Å². The van der Waals surface area contributed by atoms with Gasteiger partial charge in [0.2, 0.25) is 11.8 Å². The Bertz CT molecular complexity index is 1510. The molecule has 6 atom stereocenters. The number of para-hydroxylation sites is 1. The minimum atomic E-state index is -2.10. The fourth-order valence-electron chi connectivity index (χ4n) is 6.82. The predicted molar refractivity (Wildman–Crippen MR) is 142 cm³/mol. The van der Waals surface area contributed by atoms with Crippen molar-refractivity contribution in [3.05, 3.63) is 83.7 Å². The lowest BCUT2D eigenvalue weighted by atomic mass is 9.56. The van der Waals surface area contributed by atoms with Gasteiger partial charge in [0.15, 0.2) is 9.75 Å². The average molecular weight is 569 g/mol. The Labute approximate surface area is 233 Å². The van der Waals surface area contributed by atoms with Crippen LogP contribution in [-0.2, 0) is 25.6 Å². The number of phenols is 1. The molecular formula is C29H23Cl2FN2O5. The van der Waals surface area contributed by atoms with Gasteiger partial charge in [-0.25, -0.2) is 9.29 Å². The molecule has 6 unspecified atom stereocenters. The van der Waals surface area contributed by atoms with Crippen molar-refractivity contribution >= 4 is 52.5 Å². The van der Waals surface area contributed by atoms with Crippen molar-refractivity contribution in [3.63, 3.8) is 0 Å². The highest BCUT2D eigenvalue weighted by molar-refractivity contribution is 6.58. The molecule has 2 aliphatic heterocycles. The third kappa shape index (κ3) is 3.34. The molecule has 2 aromatic carbocycles. The Morgan fingerprint density at radius 3 is 2.46 bits per heavy atom. The van der Waals surface area contributed by atoms with Crippen molar-refractivity contribution in [2.24, 2.45) is 17.8 Å². The quantitative estimate of drug-likeness (QED) is 0.328. The maximum Gasteiger partial charge on any atom is 0.258 e. The van der Waals surface area contributed by atoms with Crippen LogP contribution in [0.1, 0.15) is 29.9 Å². The van der Waals surface area contributed by atoms with Crippen LogP contribution in [0.15, 0.2) is 66.8 Å². The van der Waals surface area contributed by atoms with E-state index in [9.17, 15) is 28.7 Å². The zero-order valence-electron chi connectivity index (χ0n) is 20.5. The van der Waals surface area contributed by atoms with E-state index >= 15 is 0 Å². The molecule has 3 fully saturated rings. The zero-order chi connectivity index (χ0) is 27.9. The Balaban J connectivity index is 1.60. The first-order valence-corrected chi connectivity index (χ1v) is 13.3. The van der Waals surface area contributed by atoms with Gasteiger partial charge >= 0.3 is 0 Å². The minimum absolute atomic E-state index is 0.0906. The number of aromatic hydroxyl groups is 1. The number of imide groups is 2. The van der Waals surface area contributed by atoms with Gasteiger partial charge in [0.25, 0.3) is 11.8 Å². The maximum atomic E-state index is 14.2. The van der Waals surface area contributed by atoms with Crippen LogP contribution < -0.4 is 10.2 Å². The van der Waals surface area contributed by atoms with Crippen molar-refractivity contribution in [1.82, 2.24) is 5.32 Å². The summed E-state index contributed by atoms with van der Waals surface area (Å²) in [6.45, 7) is 3.73. The number of hydrogen-bond donors (Lipinski definition) is 2. The highest BCUT2D eigenvalue weighted by atomic mass is 35.5. The number of anilines is 1. The summed E-state index contributed by atoms with van der Waals surface area (Å²) >= 11 is 14.5. The summed E-state index contributed by atoms with van der Waals surface area (Å²) in [7, 11) is 0. The molecular weight excluding hydrogens is 546 g/mol. The van der Waals surface area contributed by atoms with E-state index in [2.05, 4.69) is 11.9 Å². The van der Waals surface area contributed by atoms with Crippen LogP contribution in [0.5, 0.6) is 5.75 Å². The number of rotatable bonds is 4. The molecule has 4 amide bonds. The Kier molecular flexibility index (Phi) is 5.79. The van der Waals surface area contributed by atoms with Crippen molar-refractivity contribution in [2.45, 2.75) is 34.9 Å². The number of halogens is 3. The molecule has 2 aromatic rings. The van der Waals surface area contributed by atoms with E-state index in [4.69, 9.17) is 23.2 Å². The summed E-state index contributed by atoms with van der Waals surface area (Å²) in [5.41, 5.74) is 1.46. The summed E-state index contributed by atoms with van der Waals surface area (Å²) in [6, 6.07) is 9.81. The van der Waals surface area contributed by atoms with Crippen molar-refractivity contribution in [2.75, 3.05) is 4.90 Å². The normalized spacial score (nSPS) is 33.3. The third-order valence-corrected chi connectivity index (χ3v) is 9.98. The standard InChI is InChI=1S/C29H23Cl2FN2O5/c1-2-4-14-5-3-6-19(23(14)35)22-17-11-12-18-21(25(37)33-24(18)36)20(17)13-28(30)26(38)34(27(39)29(22,28)31)16-9-7-15(32)8-10-16/h2-3,5-11,18,20-22,35H,1,4,12-13H2,(H,33,36,37). The number of benzene rings is 2. The highest BCUT2D eigenvalue weighted by Gasteiger charge is 2.76. The Hall–Kier alpha value is -3.49. The van der Waals surface area contributed by atoms with E-state index in [0.29, 0.717) is 17.6 Å². The van der Waals surface area contributed by atoms with E-state index in [0.717, 1.165) is 17.0 Å². The number of carbonyl (C=O) groups excluding carboxylic acids is 4. The molecule has 7 nitrogen and oxygen atoms in total. The first-order valence-electron chi connectivity index (χ1n) is 12.5. The lowest BCUT2D eigenvalue weighted by Crippen LogP contribution is -2.60. The topological polar surface area (TPSA) is 104 Å². The van der Waals surface area contributed by atoms with Crippen LogP contribution in [0, 0.1) is 23.6 Å². The molecule has 4 aliphatic rings. The number of phenolic OH excluding ortho intramolecular Hbond substituents is 1. The lowest BCUT2D eigenvalue weighted by molar-refractivity contribution is -0.127. The van der Waals surface area contributed by atoms with E-state index in [-0.39, 0.29) is 29.8 Å². The molecule has 200 valence electrons. The fourth-order valence-corrected chi connectivity index (χ4v) is 7.75. The molecule has 2 aliphatic carbocycles. The monoisotopic (exact) mass is 568 g/mol.